The quantitative estimate of drug-likeness (QED) is 0.787. The molecule has 0 aliphatic heterocycles. The van der Waals surface area contributed by atoms with Gasteiger partial charge < -0.3 is 10.1 Å². The molecule has 8 heteroatoms. The molecular weight excluding hydrogens is 348 g/mol. The lowest BCUT2D eigenvalue weighted by Gasteiger charge is -2.21. The summed E-state index contributed by atoms with van der Waals surface area (Å²) in [6, 6.07) is 9.22. The molecule has 0 spiro atoms. The number of rotatable bonds is 7. The van der Waals surface area contributed by atoms with Gasteiger partial charge in [-0.15, -0.1) is 11.3 Å². The Balaban J connectivity index is 2.20. The molecule has 24 heavy (non-hydrogen) atoms. The molecule has 6 nitrogen and oxygen atoms in total. The molecule has 0 fully saturated rings. The first kappa shape index (κ1) is 18.4. The maximum absolute atomic E-state index is 12.6. The topological polar surface area (TPSA) is 84.5 Å². The summed E-state index contributed by atoms with van der Waals surface area (Å²) in [5, 5.41) is 4.40. The van der Waals surface area contributed by atoms with Crippen LogP contribution in [0, 0.1) is 5.92 Å². The first-order valence-electron chi connectivity index (χ1n) is 7.35. The van der Waals surface area contributed by atoms with Crippen molar-refractivity contribution in [3.05, 3.63) is 41.8 Å². The number of amides is 1. The van der Waals surface area contributed by atoms with E-state index in [1.54, 1.807) is 49.6 Å². The average Bonchev–Trinajstić information content (AvgIpc) is 3.08. The van der Waals surface area contributed by atoms with E-state index >= 15 is 0 Å². The number of anilines is 1. The summed E-state index contributed by atoms with van der Waals surface area (Å²) in [6.45, 7) is 3.56. The zero-order valence-electron chi connectivity index (χ0n) is 13.6. The molecule has 130 valence electrons. The molecule has 0 saturated carbocycles. The summed E-state index contributed by atoms with van der Waals surface area (Å²) in [6.07, 6.45) is 0. The van der Waals surface area contributed by atoms with Gasteiger partial charge in [-0.1, -0.05) is 32.0 Å². The summed E-state index contributed by atoms with van der Waals surface area (Å²) >= 11 is 1.10. The molecule has 1 heterocycles. The number of thiophene rings is 1. The monoisotopic (exact) mass is 368 g/mol. The van der Waals surface area contributed by atoms with E-state index in [0.717, 1.165) is 11.3 Å². The Morgan fingerprint density at radius 1 is 1.17 bits per heavy atom. The SMILES string of the molecule is COc1ccccc1NC(=O)[C@H](NS(=O)(=O)c1cccs1)C(C)C. The van der Waals surface area contributed by atoms with Crippen molar-refractivity contribution in [2.75, 3.05) is 12.4 Å². The highest BCUT2D eigenvalue weighted by molar-refractivity contribution is 7.91. The second kappa shape index (κ2) is 7.78. The van der Waals surface area contributed by atoms with E-state index in [0.29, 0.717) is 11.4 Å². The molecule has 0 bridgehead atoms. The summed E-state index contributed by atoms with van der Waals surface area (Å²) < 4.78 is 32.6. The van der Waals surface area contributed by atoms with E-state index in [-0.39, 0.29) is 10.1 Å². The highest BCUT2D eigenvalue weighted by atomic mass is 32.2. The minimum atomic E-state index is -3.74. The molecule has 0 aliphatic carbocycles. The van der Waals surface area contributed by atoms with Gasteiger partial charge in [0.15, 0.2) is 0 Å². The van der Waals surface area contributed by atoms with Crippen LogP contribution in [0.4, 0.5) is 5.69 Å². The fraction of sp³-hybridized carbons (Fsp3) is 0.312. The zero-order valence-corrected chi connectivity index (χ0v) is 15.3. The molecule has 2 aromatic rings. The Kier molecular flexibility index (Phi) is 5.98. The van der Waals surface area contributed by atoms with Crippen molar-refractivity contribution in [1.82, 2.24) is 4.72 Å². The maximum Gasteiger partial charge on any atom is 0.250 e. The van der Waals surface area contributed by atoms with E-state index in [2.05, 4.69) is 10.0 Å². The minimum Gasteiger partial charge on any atom is -0.495 e. The van der Waals surface area contributed by atoms with Crippen LogP contribution in [0.3, 0.4) is 0 Å². The van der Waals surface area contributed by atoms with Crippen molar-refractivity contribution in [2.45, 2.75) is 24.1 Å². The van der Waals surface area contributed by atoms with E-state index in [1.807, 2.05) is 0 Å². The Bertz CT molecular complexity index is 786. The normalized spacial score (nSPS) is 12.8. The largest absolute Gasteiger partial charge is 0.495 e. The zero-order chi connectivity index (χ0) is 17.7. The van der Waals surface area contributed by atoms with Gasteiger partial charge in [0.25, 0.3) is 10.0 Å². The smallest absolute Gasteiger partial charge is 0.250 e. The fourth-order valence-electron chi connectivity index (χ4n) is 2.09. The number of hydrogen-bond acceptors (Lipinski definition) is 5. The molecule has 0 aliphatic rings. The van der Waals surface area contributed by atoms with Gasteiger partial charge in [-0.2, -0.15) is 4.72 Å². The van der Waals surface area contributed by atoms with Crippen molar-refractivity contribution < 1.29 is 17.9 Å². The van der Waals surface area contributed by atoms with Crippen LogP contribution in [-0.2, 0) is 14.8 Å². The molecule has 2 N–H and O–H groups in total. The number of ether oxygens (including phenoxy) is 1. The molecule has 1 aromatic carbocycles. The van der Waals surface area contributed by atoms with Gasteiger partial charge in [-0.3, -0.25) is 4.79 Å². The summed E-state index contributed by atoms with van der Waals surface area (Å²) in [7, 11) is -2.23. The summed E-state index contributed by atoms with van der Waals surface area (Å²) in [5.74, 6) is -0.154. The predicted molar refractivity (Wildman–Crippen MR) is 94.9 cm³/mol. The Morgan fingerprint density at radius 3 is 2.46 bits per heavy atom. The van der Waals surface area contributed by atoms with Crippen molar-refractivity contribution in [2.24, 2.45) is 5.92 Å². The summed E-state index contributed by atoms with van der Waals surface area (Å²) in [4.78, 5) is 12.6. The van der Waals surface area contributed by atoms with Crippen molar-refractivity contribution >= 4 is 33.0 Å². The summed E-state index contributed by atoms with van der Waals surface area (Å²) in [5.41, 5.74) is 0.492. The van der Waals surface area contributed by atoms with Gasteiger partial charge in [0.2, 0.25) is 5.91 Å². The van der Waals surface area contributed by atoms with Crippen LogP contribution in [0.15, 0.2) is 46.0 Å². The van der Waals surface area contributed by atoms with E-state index < -0.39 is 22.0 Å². The Hall–Kier alpha value is -1.90. The number of carbonyl (C=O) groups excluding carboxylic acids is 1. The first-order valence-corrected chi connectivity index (χ1v) is 9.71. The first-order chi connectivity index (χ1) is 11.3. The second-order valence-corrected chi connectivity index (χ2v) is 8.35. The predicted octanol–water partition coefficient (Wildman–Crippen LogP) is 2.70. The Labute approximate surface area is 145 Å². The van der Waals surface area contributed by atoms with Gasteiger partial charge in [-0.25, -0.2) is 8.42 Å². The number of para-hydroxylation sites is 2. The number of sulfonamides is 1. The maximum atomic E-state index is 12.6. The average molecular weight is 368 g/mol. The lowest BCUT2D eigenvalue weighted by atomic mass is 10.0. The van der Waals surface area contributed by atoms with E-state index in [9.17, 15) is 13.2 Å². The van der Waals surface area contributed by atoms with Crippen LogP contribution in [0.5, 0.6) is 5.75 Å². The highest BCUT2D eigenvalue weighted by Gasteiger charge is 2.29. The molecule has 0 unspecified atom stereocenters. The van der Waals surface area contributed by atoms with Crippen molar-refractivity contribution in [3.63, 3.8) is 0 Å². The van der Waals surface area contributed by atoms with E-state index in [4.69, 9.17) is 4.74 Å². The number of methoxy groups -OCH3 is 1. The van der Waals surface area contributed by atoms with E-state index in [1.165, 1.54) is 13.2 Å². The van der Waals surface area contributed by atoms with Crippen LogP contribution >= 0.6 is 11.3 Å². The molecule has 1 aromatic heterocycles. The Morgan fingerprint density at radius 2 is 1.88 bits per heavy atom. The fourth-order valence-corrected chi connectivity index (χ4v) is 4.45. The number of hydrogen-bond donors (Lipinski definition) is 2. The van der Waals surface area contributed by atoms with Gasteiger partial charge in [-0.05, 0) is 29.5 Å². The number of nitrogens with one attached hydrogen (secondary N) is 2. The van der Waals surface area contributed by atoms with Crippen LogP contribution < -0.4 is 14.8 Å². The standard InChI is InChI=1S/C16H20N2O4S2/c1-11(2)15(18-24(20,21)14-9-6-10-23-14)16(19)17-12-7-4-5-8-13(12)22-3/h4-11,15,18H,1-3H3,(H,17,19)/t15-/m1/s1. The lowest BCUT2D eigenvalue weighted by Crippen LogP contribution is -2.46. The third-order valence-corrected chi connectivity index (χ3v) is 6.19. The van der Waals surface area contributed by atoms with Crippen molar-refractivity contribution in [3.8, 4) is 5.75 Å². The van der Waals surface area contributed by atoms with Crippen LogP contribution in [0.25, 0.3) is 0 Å². The van der Waals surface area contributed by atoms with Gasteiger partial charge >= 0.3 is 0 Å². The molecule has 1 atom stereocenters. The third-order valence-electron chi connectivity index (χ3n) is 3.36. The van der Waals surface area contributed by atoms with Crippen molar-refractivity contribution in [1.29, 1.82) is 0 Å². The van der Waals surface area contributed by atoms with Gasteiger partial charge in [0.1, 0.15) is 16.0 Å². The lowest BCUT2D eigenvalue weighted by molar-refractivity contribution is -0.118. The third kappa shape index (κ3) is 4.34. The van der Waals surface area contributed by atoms with Gasteiger partial charge in [0.05, 0.1) is 12.8 Å². The van der Waals surface area contributed by atoms with Gasteiger partial charge in [0, 0.05) is 0 Å². The molecule has 0 saturated heterocycles. The molecule has 2 rings (SSSR count). The number of benzene rings is 1. The highest BCUT2D eigenvalue weighted by Crippen LogP contribution is 2.24. The second-order valence-electron chi connectivity index (χ2n) is 5.46. The van der Waals surface area contributed by atoms with Crippen LogP contribution in [0.1, 0.15) is 13.8 Å². The molecule has 0 radical (unpaired) electrons. The van der Waals surface area contributed by atoms with Crippen LogP contribution in [0.2, 0.25) is 0 Å². The number of carbonyl (C=O) groups is 1. The molecule has 1 amide bonds. The minimum absolute atomic E-state index is 0.179. The van der Waals surface area contributed by atoms with Crippen LogP contribution in [-0.4, -0.2) is 27.5 Å². The molecular formula is C16H20N2O4S2.